The minimum atomic E-state index is -0.900. The van der Waals surface area contributed by atoms with Gasteiger partial charge in [-0.2, -0.15) is 0 Å². The molecule has 1 atom stereocenters. The number of aliphatic carboxylic acids is 1. The Morgan fingerprint density at radius 2 is 1.91 bits per heavy atom. The maximum atomic E-state index is 11.8. The number of fused-ring (bicyclic) bond motifs is 1. The van der Waals surface area contributed by atoms with E-state index in [2.05, 4.69) is 10.3 Å². The summed E-state index contributed by atoms with van der Waals surface area (Å²) < 4.78 is 11.7. The first-order valence-electron chi connectivity index (χ1n) is 10.6. The van der Waals surface area contributed by atoms with E-state index in [0.29, 0.717) is 23.2 Å². The summed E-state index contributed by atoms with van der Waals surface area (Å²) in [7, 11) is 0. The molecule has 4 rings (SSSR count). The van der Waals surface area contributed by atoms with Crippen molar-refractivity contribution >= 4 is 28.3 Å². The number of aromatic nitrogens is 1. The first-order chi connectivity index (χ1) is 15.4. The topological polar surface area (TPSA) is 80.7 Å². The molecule has 0 spiro atoms. The quantitative estimate of drug-likeness (QED) is 0.405. The number of rotatable bonds is 9. The molecule has 0 saturated heterocycles. The maximum Gasteiger partial charge on any atom is 0.326 e. The van der Waals surface area contributed by atoms with Crippen molar-refractivity contribution in [2.24, 2.45) is 0 Å². The Balaban J connectivity index is 1.46. The Kier molecular flexibility index (Phi) is 6.51. The summed E-state index contributed by atoms with van der Waals surface area (Å²) in [4.78, 5) is 16.1. The molecule has 0 radical (unpaired) electrons. The highest BCUT2D eigenvalue weighted by atomic mass is 35.5. The number of allylic oxidation sites excluding steroid dienone is 2. The van der Waals surface area contributed by atoms with Gasteiger partial charge in [-0.3, -0.25) is 0 Å². The maximum absolute atomic E-state index is 11.8. The average molecular weight is 453 g/mol. The highest BCUT2D eigenvalue weighted by Gasteiger charge is 2.26. The molecule has 0 amide bonds. The molecule has 1 unspecified atom stereocenters. The van der Waals surface area contributed by atoms with Gasteiger partial charge in [0, 0.05) is 18.2 Å². The molecule has 1 aliphatic carbocycles. The van der Waals surface area contributed by atoms with Gasteiger partial charge in [0.15, 0.2) is 0 Å². The molecule has 2 N–H and O–H groups in total. The summed E-state index contributed by atoms with van der Waals surface area (Å²) in [5.41, 5.74) is 1.76. The Morgan fingerprint density at radius 1 is 1.16 bits per heavy atom. The van der Waals surface area contributed by atoms with Crippen LogP contribution in [0.15, 0.2) is 66.1 Å². The normalized spacial score (nSPS) is 14.2. The summed E-state index contributed by atoms with van der Waals surface area (Å²) >= 11 is 6.13. The lowest BCUT2D eigenvalue weighted by molar-refractivity contribution is -0.139. The van der Waals surface area contributed by atoms with E-state index in [0.717, 1.165) is 40.6 Å². The van der Waals surface area contributed by atoms with Crippen molar-refractivity contribution in [3.05, 3.63) is 76.8 Å². The van der Waals surface area contributed by atoms with E-state index < -0.39 is 12.0 Å². The number of nitrogens with zero attached hydrogens (tertiary/aromatic N) is 1. The van der Waals surface area contributed by atoms with Crippen molar-refractivity contribution in [2.45, 2.75) is 45.3 Å². The second-order valence-electron chi connectivity index (χ2n) is 8.02. The van der Waals surface area contributed by atoms with Crippen molar-refractivity contribution in [3.63, 3.8) is 0 Å². The van der Waals surface area contributed by atoms with E-state index in [1.54, 1.807) is 6.07 Å². The third-order valence-electron chi connectivity index (χ3n) is 5.22. The number of carboxylic acid groups (broad SMARTS) is 1. The molecule has 1 heterocycles. The van der Waals surface area contributed by atoms with E-state index in [4.69, 9.17) is 21.1 Å². The van der Waals surface area contributed by atoms with Crippen molar-refractivity contribution in [1.29, 1.82) is 0 Å². The number of carbonyl (C=O) groups is 1. The first-order valence-corrected chi connectivity index (χ1v) is 11.0. The lowest BCUT2D eigenvalue weighted by Gasteiger charge is -2.29. The predicted molar refractivity (Wildman–Crippen MR) is 124 cm³/mol. The Labute approximate surface area is 191 Å². The SMILES string of the molecule is CC(C)OC1=C(NC(Cc2ccc(Oc3nc(Cl)cc4ccccc34)cc2)C(=O)O)CC1. The Hall–Kier alpha value is -3.25. The van der Waals surface area contributed by atoms with Gasteiger partial charge in [-0.1, -0.05) is 41.9 Å². The van der Waals surface area contributed by atoms with Crippen LogP contribution in [0, 0.1) is 0 Å². The van der Waals surface area contributed by atoms with Gasteiger partial charge in [0.25, 0.3) is 0 Å². The highest BCUT2D eigenvalue weighted by molar-refractivity contribution is 6.30. The number of halogens is 1. The number of ether oxygens (including phenoxy) is 2. The zero-order chi connectivity index (χ0) is 22.7. The Bertz CT molecular complexity index is 1160. The predicted octanol–water partition coefficient (Wildman–Crippen LogP) is 5.70. The van der Waals surface area contributed by atoms with Crippen LogP contribution in [0.2, 0.25) is 5.15 Å². The summed E-state index contributed by atoms with van der Waals surface area (Å²) in [6.07, 6.45) is 2.06. The zero-order valence-corrected chi connectivity index (χ0v) is 18.7. The van der Waals surface area contributed by atoms with Crippen molar-refractivity contribution in [1.82, 2.24) is 10.3 Å². The number of benzene rings is 2. The molecule has 1 aliphatic rings. The third kappa shape index (κ3) is 5.14. The molecule has 0 saturated carbocycles. The molecule has 3 aromatic rings. The number of carboxylic acids is 1. The van der Waals surface area contributed by atoms with Crippen molar-refractivity contribution in [2.75, 3.05) is 0 Å². The fraction of sp³-hybridized carbons (Fsp3) is 0.280. The summed E-state index contributed by atoms with van der Waals surface area (Å²) in [6, 6.07) is 16.1. The lowest BCUT2D eigenvalue weighted by Crippen LogP contribution is -2.40. The molecule has 1 aromatic heterocycles. The molecule has 7 heteroatoms. The molecule has 0 aliphatic heterocycles. The molecule has 32 heavy (non-hydrogen) atoms. The number of hydrogen-bond donors (Lipinski definition) is 2. The second kappa shape index (κ2) is 9.49. The van der Waals surface area contributed by atoms with Gasteiger partial charge >= 0.3 is 5.97 Å². The van der Waals surface area contributed by atoms with E-state index in [1.165, 1.54) is 0 Å². The summed E-state index contributed by atoms with van der Waals surface area (Å²) in [5, 5.41) is 15.0. The smallest absolute Gasteiger partial charge is 0.326 e. The van der Waals surface area contributed by atoms with Crippen LogP contribution in [0.1, 0.15) is 32.3 Å². The van der Waals surface area contributed by atoms with Crippen LogP contribution < -0.4 is 10.1 Å². The second-order valence-corrected chi connectivity index (χ2v) is 8.41. The van der Waals surface area contributed by atoms with E-state index in [1.807, 2.05) is 62.4 Å². The van der Waals surface area contributed by atoms with Crippen LogP contribution in [0.3, 0.4) is 0 Å². The molecule has 6 nitrogen and oxygen atoms in total. The van der Waals surface area contributed by atoms with E-state index in [9.17, 15) is 9.90 Å². The van der Waals surface area contributed by atoms with Gasteiger partial charge in [0.1, 0.15) is 22.7 Å². The van der Waals surface area contributed by atoms with Crippen LogP contribution >= 0.6 is 11.6 Å². The number of pyridine rings is 1. The summed E-state index contributed by atoms with van der Waals surface area (Å²) in [6.45, 7) is 3.92. The zero-order valence-electron chi connectivity index (χ0n) is 18.0. The lowest BCUT2D eigenvalue weighted by atomic mass is 9.99. The van der Waals surface area contributed by atoms with Crippen LogP contribution in [-0.4, -0.2) is 28.2 Å². The first kappa shape index (κ1) is 22.0. The third-order valence-corrected chi connectivity index (χ3v) is 5.41. The largest absolute Gasteiger partial charge is 0.494 e. The molecule has 166 valence electrons. The standard InChI is InChI=1S/C25H25ClN2O4/c1-15(2)31-22-12-11-20(22)27-21(25(29)30)13-16-7-9-18(10-8-16)32-24-19-6-4-3-5-17(19)14-23(26)28-24/h3-10,14-15,21,27H,11-13H2,1-2H3,(H,29,30). The minimum Gasteiger partial charge on any atom is -0.494 e. The molecular formula is C25H25ClN2O4. The molecular weight excluding hydrogens is 428 g/mol. The van der Waals surface area contributed by atoms with Crippen molar-refractivity contribution < 1.29 is 19.4 Å². The fourth-order valence-corrected chi connectivity index (χ4v) is 3.78. The van der Waals surface area contributed by atoms with E-state index in [-0.39, 0.29) is 6.10 Å². The summed E-state index contributed by atoms with van der Waals surface area (Å²) in [5.74, 6) is 0.989. The van der Waals surface area contributed by atoms with Gasteiger partial charge in [0.05, 0.1) is 11.8 Å². The van der Waals surface area contributed by atoms with Crippen LogP contribution in [0.25, 0.3) is 10.8 Å². The van der Waals surface area contributed by atoms with Gasteiger partial charge in [-0.05, 0) is 55.5 Å². The molecule has 0 fully saturated rings. The van der Waals surface area contributed by atoms with Crippen LogP contribution in [0.5, 0.6) is 11.6 Å². The molecule has 0 bridgehead atoms. The fourth-order valence-electron chi connectivity index (χ4n) is 3.58. The van der Waals surface area contributed by atoms with Gasteiger partial charge in [-0.25, -0.2) is 9.78 Å². The van der Waals surface area contributed by atoms with Crippen molar-refractivity contribution in [3.8, 4) is 11.6 Å². The van der Waals surface area contributed by atoms with Crippen LogP contribution in [0.4, 0.5) is 0 Å². The minimum absolute atomic E-state index is 0.0732. The van der Waals surface area contributed by atoms with E-state index >= 15 is 0 Å². The highest BCUT2D eigenvalue weighted by Crippen LogP contribution is 2.31. The average Bonchev–Trinajstić information content (AvgIpc) is 2.75. The molecule has 2 aromatic carbocycles. The van der Waals surface area contributed by atoms with Gasteiger partial charge < -0.3 is 19.9 Å². The van der Waals surface area contributed by atoms with Crippen LogP contribution in [-0.2, 0) is 16.0 Å². The Morgan fingerprint density at radius 3 is 2.56 bits per heavy atom. The monoisotopic (exact) mass is 452 g/mol. The number of nitrogens with one attached hydrogen (secondary N) is 1. The van der Waals surface area contributed by atoms with Gasteiger partial charge in [-0.15, -0.1) is 0 Å². The van der Waals surface area contributed by atoms with Gasteiger partial charge in [0.2, 0.25) is 5.88 Å². The number of hydrogen-bond acceptors (Lipinski definition) is 5.